The Morgan fingerprint density at radius 2 is 1.91 bits per heavy atom. The number of hydrogen-bond acceptors (Lipinski definition) is 4. The van der Waals surface area contributed by atoms with Crippen LogP contribution in [0.5, 0.6) is 0 Å². The molecule has 6 rings (SSSR count). The molecule has 0 bridgehead atoms. The molecule has 0 unspecified atom stereocenters. The number of carbonyl (C=O) groups is 2. The number of imidazole rings is 1. The van der Waals surface area contributed by atoms with E-state index in [1.165, 1.54) is 0 Å². The van der Waals surface area contributed by atoms with Crippen molar-refractivity contribution in [1.82, 2.24) is 19.6 Å². The number of aromatic nitrogens is 2. The minimum atomic E-state index is -0.137. The van der Waals surface area contributed by atoms with Gasteiger partial charge in [0.15, 0.2) is 4.96 Å². The van der Waals surface area contributed by atoms with Crippen molar-refractivity contribution in [2.24, 2.45) is 11.8 Å². The summed E-state index contributed by atoms with van der Waals surface area (Å²) in [4.78, 5) is 34.0. The Bertz CT molecular complexity index is 1380. The van der Waals surface area contributed by atoms with E-state index in [1.807, 2.05) is 63.9 Å². The van der Waals surface area contributed by atoms with Crippen LogP contribution >= 0.6 is 11.3 Å². The molecule has 3 heterocycles. The highest BCUT2D eigenvalue weighted by Gasteiger charge is 2.54. The zero-order valence-electron chi connectivity index (χ0n) is 19.0. The summed E-state index contributed by atoms with van der Waals surface area (Å²) in [6.45, 7) is 3.29. The number of amides is 2. The summed E-state index contributed by atoms with van der Waals surface area (Å²) in [5.41, 5.74) is 4.34. The van der Waals surface area contributed by atoms with Gasteiger partial charge in [0, 0.05) is 29.7 Å². The second kappa shape index (κ2) is 8.40. The molecular weight excluding hydrogens is 444 g/mol. The maximum Gasteiger partial charge on any atom is 0.270 e. The SMILES string of the molecule is CCc1csc2ncc(C(=O)NC[C@@H]3[C@H]4C[C@H]4CN3C(=O)c3ccccc3-c3ccccc3)n12. The van der Waals surface area contributed by atoms with Gasteiger partial charge in [-0.1, -0.05) is 55.5 Å². The zero-order valence-corrected chi connectivity index (χ0v) is 19.8. The van der Waals surface area contributed by atoms with E-state index in [1.54, 1.807) is 17.5 Å². The summed E-state index contributed by atoms with van der Waals surface area (Å²) >= 11 is 1.55. The monoisotopic (exact) mass is 470 g/mol. The van der Waals surface area contributed by atoms with E-state index in [2.05, 4.69) is 22.6 Å². The van der Waals surface area contributed by atoms with Crippen LogP contribution in [0.2, 0.25) is 0 Å². The highest BCUT2D eigenvalue weighted by molar-refractivity contribution is 7.15. The zero-order chi connectivity index (χ0) is 23.2. The second-order valence-electron chi connectivity index (χ2n) is 9.15. The van der Waals surface area contributed by atoms with Crippen molar-refractivity contribution in [2.45, 2.75) is 25.8 Å². The van der Waals surface area contributed by atoms with E-state index < -0.39 is 0 Å². The van der Waals surface area contributed by atoms with E-state index in [0.717, 1.165) is 46.7 Å². The van der Waals surface area contributed by atoms with Crippen molar-refractivity contribution < 1.29 is 9.59 Å². The number of nitrogens with one attached hydrogen (secondary N) is 1. The van der Waals surface area contributed by atoms with Gasteiger partial charge in [-0.15, -0.1) is 11.3 Å². The largest absolute Gasteiger partial charge is 0.349 e. The molecule has 2 aromatic carbocycles. The average molecular weight is 471 g/mol. The number of hydrogen-bond donors (Lipinski definition) is 1. The van der Waals surface area contributed by atoms with Crippen LogP contribution in [0, 0.1) is 11.8 Å². The maximum atomic E-state index is 13.7. The summed E-state index contributed by atoms with van der Waals surface area (Å²) in [5, 5.41) is 5.16. The van der Waals surface area contributed by atoms with Crippen molar-refractivity contribution in [3.05, 3.63) is 83.1 Å². The van der Waals surface area contributed by atoms with Gasteiger partial charge in [-0.25, -0.2) is 4.98 Å². The van der Waals surface area contributed by atoms with Crippen molar-refractivity contribution in [3.63, 3.8) is 0 Å². The third kappa shape index (κ3) is 3.51. The lowest BCUT2D eigenvalue weighted by molar-refractivity contribution is 0.0695. The molecule has 2 aliphatic rings. The average Bonchev–Trinajstić information content (AvgIpc) is 3.20. The molecule has 1 saturated carbocycles. The maximum absolute atomic E-state index is 13.7. The van der Waals surface area contributed by atoms with Crippen molar-refractivity contribution in [3.8, 4) is 11.1 Å². The Morgan fingerprint density at radius 3 is 2.74 bits per heavy atom. The normalized spacial score (nSPS) is 21.0. The van der Waals surface area contributed by atoms with Crippen molar-refractivity contribution in [1.29, 1.82) is 0 Å². The topological polar surface area (TPSA) is 66.7 Å². The molecule has 7 heteroatoms. The molecule has 34 heavy (non-hydrogen) atoms. The fraction of sp³-hybridized carbons (Fsp3) is 0.296. The van der Waals surface area contributed by atoms with Crippen LogP contribution in [0.1, 0.15) is 39.9 Å². The molecular formula is C27H26N4O2S. The van der Waals surface area contributed by atoms with E-state index in [9.17, 15) is 9.59 Å². The van der Waals surface area contributed by atoms with E-state index in [0.29, 0.717) is 24.1 Å². The molecule has 172 valence electrons. The van der Waals surface area contributed by atoms with Crippen LogP contribution in [-0.2, 0) is 6.42 Å². The molecule has 2 fully saturated rings. The van der Waals surface area contributed by atoms with Gasteiger partial charge in [0.25, 0.3) is 11.8 Å². The highest BCUT2D eigenvalue weighted by atomic mass is 32.1. The number of fused-ring (bicyclic) bond motifs is 2. The van der Waals surface area contributed by atoms with Gasteiger partial charge in [-0.3, -0.25) is 14.0 Å². The third-order valence-corrected chi connectivity index (χ3v) is 8.08. The van der Waals surface area contributed by atoms with Gasteiger partial charge in [0.05, 0.1) is 12.2 Å². The molecule has 6 nitrogen and oxygen atoms in total. The molecule has 2 aromatic heterocycles. The molecule has 0 radical (unpaired) electrons. The Balaban J connectivity index is 1.22. The number of benzene rings is 2. The Labute approximate surface area is 202 Å². The molecule has 0 spiro atoms. The predicted octanol–water partition coefficient (Wildman–Crippen LogP) is 4.52. The van der Waals surface area contributed by atoms with Gasteiger partial charge in [-0.05, 0) is 41.9 Å². The highest BCUT2D eigenvalue weighted by Crippen LogP contribution is 2.50. The Hall–Kier alpha value is -3.45. The van der Waals surface area contributed by atoms with Crippen LogP contribution in [0.25, 0.3) is 16.1 Å². The first-order valence-corrected chi connectivity index (χ1v) is 12.7. The van der Waals surface area contributed by atoms with Gasteiger partial charge in [0.2, 0.25) is 0 Å². The molecule has 1 aliphatic heterocycles. The first-order chi connectivity index (χ1) is 16.7. The number of aryl methyl sites for hydroxylation is 1. The molecule has 4 aromatic rings. The van der Waals surface area contributed by atoms with Crippen LogP contribution in [0.3, 0.4) is 0 Å². The second-order valence-corrected chi connectivity index (χ2v) is 9.98. The summed E-state index contributed by atoms with van der Waals surface area (Å²) < 4.78 is 1.94. The smallest absolute Gasteiger partial charge is 0.270 e. The molecule has 1 aliphatic carbocycles. The summed E-state index contributed by atoms with van der Waals surface area (Å²) in [6.07, 6.45) is 3.62. The third-order valence-electron chi connectivity index (χ3n) is 7.19. The molecule has 2 amide bonds. The van der Waals surface area contributed by atoms with E-state index in [-0.39, 0.29) is 17.9 Å². The van der Waals surface area contributed by atoms with Gasteiger partial charge in [-0.2, -0.15) is 0 Å². The Kier molecular flexibility index (Phi) is 5.21. The minimum absolute atomic E-state index is 0.0156. The molecule has 1 N–H and O–H groups in total. The molecule has 3 atom stereocenters. The lowest BCUT2D eigenvalue weighted by Crippen LogP contribution is -2.45. The Morgan fingerprint density at radius 1 is 1.12 bits per heavy atom. The van der Waals surface area contributed by atoms with Gasteiger partial charge < -0.3 is 10.2 Å². The lowest BCUT2D eigenvalue weighted by Gasteiger charge is -2.28. The first kappa shape index (κ1) is 21.1. The van der Waals surface area contributed by atoms with Crippen LogP contribution in [-0.4, -0.2) is 45.2 Å². The van der Waals surface area contributed by atoms with Crippen LogP contribution in [0.4, 0.5) is 0 Å². The summed E-state index contributed by atoms with van der Waals surface area (Å²) in [7, 11) is 0. The number of thiazole rings is 1. The fourth-order valence-corrected chi connectivity index (χ4v) is 6.27. The van der Waals surface area contributed by atoms with E-state index in [4.69, 9.17) is 0 Å². The molecule has 1 saturated heterocycles. The van der Waals surface area contributed by atoms with Crippen molar-refractivity contribution >= 4 is 28.1 Å². The van der Waals surface area contributed by atoms with Crippen LogP contribution < -0.4 is 5.32 Å². The van der Waals surface area contributed by atoms with Gasteiger partial charge >= 0.3 is 0 Å². The number of nitrogens with zero attached hydrogens (tertiary/aromatic N) is 3. The first-order valence-electron chi connectivity index (χ1n) is 11.8. The fourth-order valence-electron chi connectivity index (χ4n) is 5.32. The number of rotatable bonds is 6. The number of likely N-dealkylation sites (tertiary alicyclic amines) is 1. The minimum Gasteiger partial charge on any atom is -0.349 e. The predicted molar refractivity (Wildman–Crippen MR) is 133 cm³/mol. The lowest BCUT2D eigenvalue weighted by atomic mass is 9.98. The standard InChI is InChI=1S/C27H26N4O2S/c1-2-19-16-34-27-29-14-24(31(19)27)25(32)28-13-23-22-12-18(22)15-30(23)26(33)21-11-7-6-10-20(21)17-8-4-3-5-9-17/h3-11,14,16,18,22-23H,2,12-13,15H2,1H3,(H,28,32)/t18-,22-,23+/m0/s1. The van der Waals surface area contributed by atoms with E-state index >= 15 is 0 Å². The van der Waals surface area contributed by atoms with Crippen molar-refractivity contribution in [2.75, 3.05) is 13.1 Å². The summed E-state index contributed by atoms with van der Waals surface area (Å²) in [5.74, 6) is 0.913. The quantitative estimate of drug-likeness (QED) is 0.451. The number of carbonyl (C=O) groups excluding carboxylic acids is 2. The summed E-state index contributed by atoms with van der Waals surface area (Å²) in [6, 6.07) is 17.9. The number of piperidine rings is 1. The van der Waals surface area contributed by atoms with Crippen LogP contribution in [0.15, 0.2) is 66.2 Å². The van der Waals surface area contributed by atoms with Gasteiger partial charge in [0.1, 0.15) is 5.69 Å².